The van der Waals surface area contributed by atoms with Crippen molar-refractivity contribution in [2.24, 2.45) is 5.73 Å². The SMILES string of the molecule is CC(=O)CCCCC[C@@H](C(=O)NCCc1c(-c2ccccc2)[nH]c2ccccc12)N1CCC[C@@H]1C(N)=O. The summed E-state index contributed by atoms with van der Waals surface area (Å²) in [5.74, 6) is -0.228. The number of nitrogens with zero attached hydrogens (tertiary/aromatic N) is 1. The van der Waals surface area contributed by atoms with E-state index in [1.807, 2.05) is 35.2 Å². The molecule has 0 saturated carbocycles. The molecule has 1 aliphatic heterocycles. The quantitative estimate of drug-likeness (QED) is 0.302. The summed E-state index contributed by atoms with van der Waals surface area (Å²) in [5.41, 5.74) is 10.1. The van der Waals surface area contributed by atoms with Gasteiger partial charge in [-0.05, 0) is 62.8 Å². The minimum absolute atomic E-state index is 0.0548. The fourth-order valence-corrected chi connectivity index (χ4v) is 5.54. The van der Waals surface area contributed by atoms with Crippen LogP contribution in [0, 0.1) is 0 Å². The van der Waals surface area contributed by atoms with Crippen LogP contribution in [0.4, 0.5) is 0 Å². The predicted molar refractivity (Wildman–Crippen MR) is 147 cm³/mol. The molecule has 0 unspecified atom stereocenters. The van der Waals surface area contributed by atoms with E-state index >= 15 is 0 Å². The van der Waals surface area contributed by atoms with Crippen LogP contribution in [0.3, 0.4) is 0 Å². The van der Waals surface area contributed by atoms with Gasteiger partial charge in [0.25, 0.3) is 0 Å². The largest absolute Gasteiger partial charge is 0.368 e. The predicted octanol–water partition coefficient (Wildman–Crippen LogP) is 4.35. The van der Waals surface area contributed by atoms with Crippen molar-refractivity contribution in [3.8, 4) is 11.3 Å². The van der Waals surface area contributed by atoms with Gasteiger partial charge in [-0.2, -0.15) is 0 Å². The minimum atomic E-state index is -0.397. The third-order valence-electron chi connectivity index (χ3n) is 7.38. The Morgan fingerprint density at radius 1 is 1.05 bits per heavy atom. The van der Waals surface area contributed by atoms with Gasteiger partial charge in [0.2, 0.25) is 11.8 Å². The lowest BCUT2D eigenvalue weighted by Gasteiger charge is -2.30. The van der Waals surface area contributed by atoms with Crippen molar-refractivity contribution in [1.29, 1.82) is 0 Å². The summed E-state index contributed by atoms with van der Waals surface area (Å²) in [6.07, 6.45) is 5.99. The average Bonchev–Trinajstić information content (AvgIpc) is 3.52. The van der Waals surface area contributed by atoms with Gasteiger partial charge in [0.05, 0.1) is 12.1 Å². The van der Waals surface area contributed by atoms with Gasteiger partial charge in [0.1, 0.15) is 5.78 Å². The first-order valence-electron chi connectivity index (χ1n) is 13.4. The molecule has 1 aliphatic rings. The number of carbonyl (C=O) groups is 3. The molecule has 2 atom stereocenters. The minimum Gasteiger partial charge on any atom is -0.368 e. The molecule has 37 heavy (non-hydrogen) atoms. The zero-order valence-electron chi connectivity index (χ0n) is 21.7. The number of aromatic amines is 1. The lowest BCUT2D eigenvalue weighted by atomic mass is 10.0. The summed E-state index contributed by atoms with van der Waals surface area (Å²) < 4.78 is 0. The van der Waals surface area contributed by atoms with E-state index in [9.17, 15) is 14.4 Å². The first-order valence-corrected chi connectivity index (χ1v) is 13.4. The number of unbranched alkanes of at least 4 members (excludes halogenated alkanes) is 2. The smallest absolute Gasteiger partial charge is 0.237 e. The van der Waals surface area contributed by atoms with Crippen molar-refractivity contribution < 1.29 is 14.4 Å². The zero-order valence-corrected chi connectivity index (χ0v) is 21.7. The molecule has 0 radical (unpaired) electrons. The molecule has 2 aromatic carbocycles. The summed E-state index contributed by atoms with van der Waals surface area (Å²) in [6.45, 7) is 2.80. The number of hydrogen-bond acceptors (Lipinski definition) is 4. The number of likely N-dealkylation sites (tertiary alicyclic amines) is 1. The van der Waals surface area contributed by atoms with Crippen LogP contribution >= 0.6 is 0 Å². The number of aromatic nitrogens is 1. The van der Waals surface area contributed by atoms with Crippen molar-refractivity contribution in [2.75, 3.05) is 13.1 Å². The molecule has 7 heteroatoms. The Morgan fingerprint density at radius 2 is 1.81 bits per heavy atom. The Morgan fingerprint density at radius 3 is 2.57 bits per heavy atom. The lowest BCUT2D eigenvalue weighted by molar-refractivity contribution is -0.130. The highest BCUT2D eigenvalue weighted by atomic mass is 16.2. The number of carbonyl (C=O) groups excluding carboxylic acids is 3. The second kappa shape index (κ2) is 12.7. The van der Waals surface area contributed by atoms with Crippen LogP contribution in [-0.4, -0.2) is 52.7 Å². The van der Waals surface area contributed by atoms with Crippen LogP contribution in [-0.2, 0) is 20.8 Å². The molecule has 2 amide bonds. The van der Waals surface area contributed by atoms with Gasteiger partial charge < -0.3 is 20.8 Å². The third kappa shape index (κ3) is 6.66. The molecule has 4 rings (SSSR count). The Labute approximate surface area is 218 Å². The highest BCUT2D eigenvalue weighted by Gasteiger charge is 2.37. The third-order valence-corrected chi connectivity index (χ3v) is 7.38. The molecule has 7 nitrogen and oxygen atoms in total. The van der Waals surface area contributed by atoms with E-state index in [1.54, 1.807) is 6.92 Å². The van der Waals surface area contributed by atoms with Gasteiger partial charge in [-0.15, -0.1) is 0 Å². The van der Waals surface area contributed by atoms with E-state index in [-0.39, 0.29) is 17.6 Å². The fraction of sp³-hybridized carbons (Fsp3) is 0.433. The van der Waals surface area contributed by atoms with E-state index in [2.05, 4.69) is 34.6 Å². The number of hydrogen-bond donors (Lipinski definition) is 3. The number of amides is 2. The van der Waals surface area contributed by atoms with Crippen molar-refractivity contribution in [1.82, 2.24) is 15.2 Å². The Bertz CT molecular complexity index is 1220. The van der Waals surface area contributed by atoms with Crippen molar-refractivity contribution in [3.05, 3.63) is 60.2 Å². The molecule has 0 aliphatic carbocycles. The van der Waals surface area contributed by atoms with Crippen LogP contribution in [0.1, 0.15) is 57.4 Å². The van der Waals surface area contributed by atoms with Crippen molar-refractivity contribution in [2.45, 2.75) is 70.4 Å². The number of rotatable bonds is 13. The van der Waals surface area contributed by atoms with E-state index in [0.29, 0.717) is 38.8 Å². The number of Topliss-reactive ketones (excluding diaryl/α,β-unsaturated/α-hetero) is 1. The monoisotopic (exact) mass is 502 g/mol. The van der Waals surface area contributed by atoms with Crippen LogP contribution < -0.4 is 11.1 Å². The second-order valence-corrected chi connectivity index (χ2v) is 10.0. The molecule has 1 saturated heterocycles. The summed E-state index contributed by atoms with van der Waals surface area (Å²) >= 11 is 0. The van der Waals surface area contributed by atoms with E-state index in [1.165, 1.54) is 5.56 Å². The highest BCUT2D eigenvalue weighted by Crippen LogP contribution is 2.30. The molecular formula is C30H38N4O3. The van der Waals surface area contributed by atoms with Gasteiger partial charge >= 0.3 is 0 Å². The average molecular weight is 503 g/mol. The maximum absolute atomic E-state index is 13.5. The first-order chi connectivity index (χ1) is 18.0. The maximum atomic E-state index is 13.5. The number of nitrogens with one attached hydrogen (secondary N) is 2. The van der Waals surface area contributed by atoms with E-state index in [0.717, 1.165) is 47.8 Å². The number of para-hydroxylation sites is 1. The van der Waals surface area contributed by atoms with Crippen molar-refractivity contribution >= 4 is 28.5 Å². The maximum Gasteiger partial charge on any atom is 0.237 e. The number of nitrogens with two attached hydrogens (primary N) is 1. The number of fused-ring (bicyclic) bond motifs is 1. The molecule has 2 heterocycles. The van der Waals surface area contributed by atoms with Crippen molar-refractivity contribution in [3.63, 3.8) is 0 Å². The van der Waals surface area contributed by atoms with Crippen LogP contribution in [0.2, 0.25) is 0 Å². The van der Waals surface area contributed by atoms with E-state index in [4.69, 9.17) is 5.73 Å². The number of primary amides is 1. The standard InChI is InChI=1S/C30H38N4O3/c1-21(35)11-4-2-7-16-27(34-20-10-17-26(34)29(31)36)30(37)32-19-18-24-23-14-8-9-15-25(23)33-28(24)22-12-5-3-6-13-22/h3,5-6,8-9,12-15,26-27,33H,2,4,7,10-11,16-20H2,1H3,(H2,31,36)(H,32,37)/t26-,27+/m1/s1. The molecule has 4 N–H and O–H groups in total. The van der Waals surface area contributed by atoms with Gasteiger partial charge in [-0.1, -0.05) is 61.4 Å². The zero-order chi connectivity index (χ0) is 26.2. The molecule has 1 aromatic heterocycles. The van der Waals surface area contributed by atoms with Crippen LogP contribution in [0.15, 0.2) is 54.6 Å². The molecule has 196 valence electrons. The van der Waals surface area contributed by atoms with Crippen LogP contribution in [0.5, 0.6) is 0 Å². The first kappa shape index (κ1) is 26.6. The summed E-state index contributed by atoms with van der Waals surface area (Å²) in [6, 6.07) is 17.7. The Balaban J connectivity index is 1.45. The molecule has 0 bridgehead atoms. The molecule has 3 aromatic rings. The normalized spacial score (nSPS) is 16.6. The highest BCUT2D eigenvalue weighted by molar-refractivity contribution is 5.91. The van der Waals surface area contributed by atoms with Gasteiger partial charge in [0.15, 0.2) is 0 Å². The molecule has 0 spiro atoms. The second-order valence-electron chi connectivity index (χ2n) is 10.0. The molecule has 1 fully saturated rings. The lowest BCUT2D eigenvalue weighted by Crippen LogP contribution is -2.52. The van der Waals surface area contributed by atoms with E-state index < -0.39 is 12.1 Å². The summed E-state index contributed by atoms with van der Waals surface area (Å²) in [4.78, 5) is 42.3. The van der Waals surface area contributed by atoms with Gasteiger partial charge in [0, 0.05) is 29.6 Å². The van der Waals surface area contributed by atoms with Gasteiger partial charge in [-0.3, -0.25) is 14.5 Å². The fourth-order valence-electron chi connectivity index (χ4n) is 5.54. The summed E-state index contributed by atoms with van der Waals surface area (Å²) in [5, 5.41) is 4.32. The Kier molecular flexibility index (Phi) is 9.12. The van der Waals surface area contributed by atoms with Crippen LogP contribution in [0.25, 0.3) is 22.2 Å². The number of ketones is 1. The summed E-state index contributed by atoms with van der Waals surface area (Å²) in [7, 11) is 0. The number of H-pyrrole nitrogens is 1. The molecular weight excluding hydrogens is 464 g/mol. The van der Waals surface area contributed by atoms with Gasteiger partial charge in [-0.25, -0.2) is 0 Å². The Hall–Kier alpha value is -3.45. The topological polar surface area (TPSA) is 108 Å². The number of benzene rings is 2.